The number of aromatic nitrogens is 3. The van der Waals surface area contributed by atoms with Crippen molar-refractivity contribution in [2.45, 2.75) is 12.5 Å². The van der Waals surface area contributed by atoms with E-state index in [2.05, 4.69) is 20.5 Å². The second kappa shape index (κ2) is 5.87. The van der Waals surface area contributed by atoms with Gasteiger partial charge in [0.05, 0.1) is 17.6 Å². The summed E-state index contributed by atoms with van der Waals surface area (Å²) in [7, 11) is 0. The molecule has 1 atom stereocenters. The van der Waals surface area contributed by atoms with Crippen LogP contribution in [0.3, 0.4) is 0 Å². The fourth-order valence-electron chi connectivity index (χ4n) is 2.88. The van der Waals surface area contributed by atoms with Crippen molar-refractivity contribution in [3.05, 3.63) is 42.2 Å². The molecule has 126 valence electrons. The lowest BCUT2D eigenvalue weighted by molar-refractivity contribution is -0.131. The number of carbonyl (C=O) groups is 2. The van der Waals surface area contributed by atoms with Gasteiger partial charge in [0.2, 0.25) is 5.91 Å². The quantitative estimate of drug-likeness (QED) is 0.427. The number of carbonyl (C=O) groups excluding carboxylic acids is 2. The number of hydrogen-bond donors (Lipinski definition) is 4. The number of ether oxygens (including phenoxy) is 1. The molecular formula is C16H13N5O4. The summed E-state index contributed by atoms with van der Waals surface area (Å²) in [6.07, 6.45) is 1.69. The summed E-state index contributed by atoms with van der Waals surface area (Å²) in [6.45, 7) is 0. The highest BCUT2D eigenvalue weighted by Crippen LogP contribution is 2.38. The first-order valence-corrected chi connectivity index (χ1v) is 7.48. The van der Waals surface area contributed by atoms with Gasteiger partial charge in [-0.05, 0) is 24.3 Å². The Morgan fingerprint density at radius 1 is 1.32 bits per heavy atom. The van der Waals surface area contributed by atoms with Crippen molar-refractivity contribution < 1.29 is 19.5 Å². The van der Waals surface area contributed by atoms with E-state index in [0.29, 0.717) is 11.3 Å². The van der Waals surface area contributed by atoms with Crippen LogP contribution in [-0.2, 0) is 9.53 Å². The monoisotopic (exact) mass is 339 g/mol. The molecule has 9 nitrogen and oxygen atoms in total. The first-order valence-electron chi connectivity index (χ1n) is 7.48. The van der Waals surface area contributed by atoms with Crippen molar-refractivity contribution in [1.29, 1.82) is 0 Å². The minimum Gasteiger partial charge on any atom is -0.440 e. The number of hydroxylamine groups is 1. The van der Waals surface area contributed by atoms with Crippen molar-refractivity contribution in [1.82, 2.24) is 20.7 Å². The predicted octanol–water partition coefficient (Wildman–Crippen LogP) is 2.12. The topological polar surface area (TPSA) is 129 Å². The Morgan fingerprint density at radius 3 is 2.88 bits per heavy atom. The van der Waals surface area contributed by atoms with Crippen LogP contribution in [-0.4, -0.2) is 32.4 Å². The minimum absolute atomic E-state index is 0.190. The molecule has 0 bridgehead atoms. The van der Waals surface area contributed by atoms with Gasteiger partial charge in [-0.15, -0.1) is 0 Å². The molecule has 9 heteroatoms. The summed E-state index contributed by atoms with van der Waals surface area (Å²) in [4.78, 5) is 27.2. The Balaban J connectivity index is 1.84. The van der Waals surface area contributed by atoms with Gasteiger partial charge in [0.25, 0.3) is 0 Å². The van der Waals surface area contributed by atoms with E-state index in [1.807, 2.05) is 18.2 Å². The lowest BCUT2D eigenvalue weighted by Crippen LogP contribution is -2.29. The fraction of sp³-hybridized carbons (Fsp3) is 0.125. The Labute approximate surface area is 141 Å². The average molecular weight is 339 g/mol. The third-order valence-corrected chi connectivity index (χ3v) is 4.02. The number of nitrogens with one attached hydrogen (secondary N) is 3. The van der Waals surface area contributed by atoms with Gasteiger partial charge < -0.3 is 4.74 Å². The summed E-state index contributed by atoms with van der Waals surface area (Å²) < 4.78 is 5.19. The van der Waals surface area contributed by atoms with Gasteiger partial charge in [0.15, 0.2) is 0 Å². The number of benzene rings is 1. The lowest BCUT2D eigenvalue weighted by Gasteiger charge is -2.25. The van der Waals surface area contributed by atoms with Gasteiger partial charge in [-0.1, -0.05) is 0 Å². The maximum Gasteiger partial charge on any atom is 0.412 e. The van der Waals surface area contributed by atoms with Gasteiger partial charge in [0.1, 0.15) is 11.8 Å². The summed E-state index contributed by atoms with van der Waals surface area (Å²) in [5, 5.41) is 19.4. The van der Waals surface area contributed by atoms with Gasteiger partial charge in [-0.2, -0.15) is 5.10 Å². The maximum atomic E-state index is 11.7. The molecule has 4 N–H and O–H groups in total. The largest absolute Gasteiger partial charge is 0.440 e. The van der Waals surface area contributed by atoms with Crippen LogP contribution in [0, 0.1) is 0 Å². The third kappa shape index (κ3) is 2.66. The summed E-state index contributed by atoms with van der Waals surface area (Å²) >= 11 is 0. The van der Waals surface area contributed by atoms with E-state index in [4.69, 9.17) is 9.94 Å². The number of cyclic esters (lactones) is 1. The van der Waals surface area contributed by atoms with E-state index in [9.17, 15) is 9.59 Å². The van der Waals surface area contributed by atoms with Crippen molar-refractivity contribution >= 4 is 28.6 Å². The molecule has 4 rings (SSSR count). The van der Waals surface area contributed by atoms with Crippen LogP contribution in [0.15, 0.2) is 36.7 Å². The van der Waals surface area contributed by atoms with Gasteiger partial charge in [-0.25, -0.2) is 10.3 Å². The van der Waals surface area contributed by atoms with Gasteiger partial charge in [-0.3, -0.25) is 25.4 Å². The molecular weight excluding hydrogens is 326 g/mol. The lowest BCUT2D eigenvalue weighted by atomic mass is 9.98. The van der Waals surface area contributed by atoms with E-state index in [0.717, 1.165) is 22.2 Å². The van der Waals surface area contributed by atoms with E-state index in [-0.39, 0.29) is 6.42 Å². The Hall–Kier alpha value is -3.46. The molecule has 0 spiro atoms. The predicted molar refractivity (Wildman–Crippen MR) is 86.7 cm³/mol. The number of pyridine rings is 1. The van der Waals surface area contributed by atoms with Crippen LogP contribution < -0.4 is 10.8 Å². The molecule has 3 heterocycles. The van der Waals surface area contributed by atoms with Crippen LogP contribution in [0.5, 0.6) is 0 Å². The fourth-order valence-corrected chi connectivity index (χ4v) is 2.88. The first kappa shape index (κ1) is 15.1. The average Bonchev–Trinajstić information content (AvgIpc) is 3.03. The Kier molecular flexibility index (Phi) is 3.55. The third-order valence-electron chi connectivity index (χ3n) is 4.02. The molecule has 2 aromatic heterocycles. The molecule has 25 heavy (non-hydrogen) atoms. The summed E-state index contributed by atoms with van der Waals surface area (Å²) in [6, 6.07) is 7.24. The molecule has 0 saturated carbocycles. The molecule has 0 aliphatic carbocycles. The highest BCUT2D eigenvalue weighted by atomic mass is 16.6. The molecule has 1 unspecified atom stereocenters. The van der Waals surface area contributed by atoms with Crippen molar-refractivity contribution in [3.63, 3.8) is 0 Å². The molecule has 1 aliphatic heterocycles. The van der Waals surface area contributed by atoms with E-state index >= 15 is 0 Å². The van der Waals surface area contributed by atoms with Crippen molar-refractivity contribution in [3.8, 4) is 11.3 Å². The van der Waals surface area contributed by atoms with Crippen LogP contribution in [0.4, 0.5) is 10.5 Å². The van der Waals surface area contributed by atoms with E-state index < -0.39 is 18.1 Å². The van der Waals surface area contributed by atoms with Crippen molar-refractivity contribution in [2.75, 3.05) is 5.32 Å². The molecule has 0 radical (unpaired) electrons. The molecule has 1 aliphatic rings. The van der Waals surface area contributed by atoms with Crippen LogP contribution in [0.2, 0.25) is 0 Å². The molecule has 3 aromatic rings. The van der Waals surface area contributed by atoms with E-state index in [1.54, 1.807) is 23.9 Å². The standard InChI is InChI=1S/C16H13N5O4/c22-14(21-24)7-13-9-5-10-12(6-11(9)18-16(23)25-13)19-20-15(10)8-1-3-17-4-2-8/h1-6,13,24H,7H2,(H,18,23)(H,19,20)(H,21,22). The van der Waals surface area contributed by atoms with Crippen LogP contribution in [0.1, 0.15) is 18.1 Å². The zero-order valence-corrected chi connectivity index (χ0v) is 12.8. The number of aromatic amines is 1. The normalized spacial score (nSPS) is 16.0. The summed E-state index contributed by atoms with van der Waals surface area (Å²) in [5.41, 5.74) is 5.05. The zero-order chi connectivity index (χ0) is 17.4. The van der Waals surface area contributed by atoms with Gasteiger partial charge >= 0.3 is 6.09 Å². The zero-order valence-electron chi connectivity index (χ0n) is 12.8. The first-order chi connectivity index (χ1) is 12.2. The van der Waals surface area contributed by atoms with E-state index in [1.165, 1.54) is 0 Å². The van der Waals surface area contributed by atoms with Crippen LogP contribution >= 0.6 is 0 Å². The van der Waals surface area contributed by atoms with Crippen molar-refractivity contribution in [2.24, 2.45) is 0 Å². The summed E-state index contributed by atoms with van der Waals surface area (Å²) in [5.74, 6) is -0.646. The maximum absolute atomic E-state index is 11.7. The molecule has 2 amide bonds. The number of H-pyrrole nitrogens is 1. The Morgan fingerprint density at radius 2 is 2.12 bits per heavy atom. The molecule has 0 saturated heterocycles. The number of nitrogens with zero attached hydrogens (tertiary/aromatic N) is 2. The highest BCUT2D eigenvalue weighted by molar-refractivity contribution is 5.99. The number of fused-ring (bicyclic) bond motifs is 2. The molecule has 0 fully saturated rings. The Bertz CT molecular complexity index is 969. The highest BCUT2D eigenvalue weighted by Gasteiger charge is 2.29. The molecule has 1 aromatic carbocycles. The second-order valence-electron chi connectivity index (χ2n) is 5.55. The smallest absolute Gasteiger partial charge is 0.412 e. The minimum atomic E-state index is -0.805. The van der Waals surface area contributed by atoms with Crippen LogP contribution in [0.25, 0.3) is 22.2 Å². The number of hydrogen-bond acceptors (Lipinski definition) is 6. The SMILES string of the molecule is O=C(CC1OC(=O)Nc2cc3[nH]nc(-c4ccncc4)c3cc21)NO. The van der Waals surface area contributed by atoms with Gasteiger partial charge in [0, 0.05) is 28.9 Å². The second-order valence-corrected chi connectivity index (χ2v) is 5.55. The number of anilines is 1. The number of rotatable bonds is 3. The number of amides is 2.